The quantitative estimate of drug-likeness (QED) is 0.887. The minimum absolute atomic E-state index is 0.0393. The fourth-order valence-corrected chi connectivity index (χ4v) is 2.71. The summed E-state index contributed by atoms with van der Waals surface area (Å²) in [6.45, 7) is 7.80. The Morgan fingerprint density at radius 3 is 2.57 bits per heavy atom. The van der Waals surface area contributed by atoms with Crippen molar-refractivity contribution < 1.29 is 19.4 Å². The van der Waals surface area contributed by atoms with Crippen LogP contribution in [0.5, 0.6) is 0 Å². The van der Waals surface area contributed by atoms with Crippen LogP contribution < -0.4 is 5.32 Å². The van der Waals surface area contributed by atoms with Crippen LogP contribution in [0, 0.1) is 0 Å². The minimum atomic E-state index is -1.09. The Labute approximate surface area is 123 Å². The van der Waals surface area contributed by atoms with Crippen molar-refractivity contribution in [3.8, 4) is 0 Å². The Morgan fingerprint density at radius 1 is 1.38 bits per heavy atom. The maximum Gasteiger partial charge on any atom is 0.335 e. The van der Waals surface area contributed by atoms with E-state index in [0.717, 1.165) is 0 Å². The van der Waals surface area contributed by atoms with Crippen LogP contribution in [0.1, 0.15) is 55.0 Å². The SMILES string of the molecule is CC1(C)CC(NC(=O)c2cc(C(=O)O)ccn2)C(C)(C)O1. The van der Waals surface area contributed by atoms with Crippen molar-refractivity contribution in [3.05, 3.63) is 29.6 Å². The van der Waals surface area contributed by atoms with Gasteiger partial charge in [0.1, 0.15) is 5.69 Å². The summed E-state index contributed by atoms with van der Waals surface area (Å²) in [7, 11) is 0. The number of hydrogen-bond donors (Lipinski definition) is 2. The van der Waals surface area contributed by atoms with E-state index in [0.29, 0.717) is 6.42 Å². The molecule has 1 aromatic rings. The molecule has 0 aliphatic carbocycles. The normalized spacial score (nSPS) is 22.8. The number of carboxylic acid groups (broad SMARTS) is 1. The zero-order chi connectivity index (χ0) is 15.8. The first-order valence-corrected chi connectivity index (χ1v) is 6.81. The second kappa shape index (κ2) is 5.11. The van der Waals surface area contributed by atoms with Gasteiger partial charge < -0.3 is 15.2 Å². The van der Waals surface area contributed by atoms with Crippen LogP contribution in [0.15, 0.2) is 18.3 Å². The van der Waals surface area contributed by atoms with Crippen LogP contribution in [0.2, 0.25) is 0 Å². The number of amides is 1. The van der Waals surface area contributed by atoms with Crippen LogP contribution in [-0.2, 0) is 4.74 Å². The number of hydrogen-bond acceptors (Lipinski definition) is 4. The molecule has 1 fully saturated rings. The van der Waals surface area contributed by atoms with Crippen LogP contribution >= 0.6 is 0 Å². The number of aromatic carboxylic acids is 1. The molecule has 0 spiro atoms. The van der Waals surface area contributed by atoms with Gasteiger partial charge in [0.05, 0.1) is 22.8 Å². The lowest BCUT2D eigenvalue weighted by atomic mass is 9.94. The highest BCUT2D eigenvalue weighted by Gasteiger charge is 2.46. The Hall–Kier alpha value is -1.95. The summed E-state index contributed by atoms with van der Waals surface area (Å²) in [5, 5.41) is 11.8. The molecule has 0 radical (unpaired) electrons. The molecule has 1 aliphatic rings. The van der Waals surface area contributed by atoms with E-state index in [1.807, 2.05) is 27.7 Å². The Morgan fingerprint density at radius 2 is 2.05 bits per heavy atom. The Bertz CT molecular complexity index is 581. The van der Waals surface area contributed by atoms with Gasteiger partial charge in [0.15, 0.2) is 0 Å². The first-order chi connectivity index (χ1) is 9.61. The van der Waals surface area contributed by atoms with Crippen molar-refractivity contribution in [3.63, 3.8) is 0 Å². The van der Waals surface area contributed by atoms with E-state index in [9.17, 15) is 9.59 Å². The molecule has 1 amide bonds. The lowest BCUT2D eigenvalue weighted by molar-refractivity contribution is -0.0693. The average Bonchev–Trinajstić information content (AvgIpc) is 2.57. The molecule has 1 saturated heterocycles. The third-order valence-corrected chi connectivity index (χ3v) is 3.62. The van der Waals surface area contributed by atoms with Gasteiger partial charge >= 0.3 is 5.97 Å². The largest absolute Gasteiger partial charge is 0.478 e. The predicted octanol–water partition coefficient (Wildman–Crippen LogP) is 1.86. The highest BCUT2D eigenvalue weighted by atomic mass is 16.5. The smallest absolute Gasteiger partial charge is 0.335 e. The second-order valence-corrected chi connectivity index (χ2v) is 6.43. The molecule has 2 heterocycles. The number of aromatic nitrogens is 1. The molecule has 1 aromatic heterocycles. The van der Waals surface area contributed by atoms with Crippen molar-refractivity contribution in [2.75, 3.05) is 0 Å². The van der Waals surface area contributed by atoms with Gasteiger partial charge in [0.25, 0.3) is 5.91 Å². The maximum atomic E-state index is 12.3. The van der Waals surface area contributed by atoms with Gasteiger partial charge in [-0.3, -0.25) is 9.78 Å². The molecular formula is C15H20N2O4. The number of carboxylic acids is 1. The summed E-state index contributed by atoms with van der Waals surface area (Å²) < 4.78 is 5.92. The van der Waals surface area contributed by atoms with E-state index in [-0.39, 0.29) is 22.9 Å². The second-order valence-electron chi connectivity index (χ2n) is 6.43. The number of pyridine rings is 1. The molecule has 114 valence electrons. The molecule has 1 unspecified atom stereocenters. The summed E-state index contributed by atoms with van der Waals surface area (Å²) in [4.78, 5) is 27.1. The first kappa shape index (κ1) is 15.4. The van der Waals surface area contributed by atoms with E-state index >= 15 is 0 Å². The lowest BCUT2D eigenvalue weighted by Gasteiger charge is -2.27. The van der Waals surface area contributed by atoms with Crippen molar-refractivity contribution in [1.29, 1.82) is 0 Å². The topological polar surface area (TPSA) is 88.5 Å². The molecule has 0 saturated carbocycles. The van der Waals surface area contributed by atoms with Gasteiger partial charge in [-0.2, -0.15) is 0 Å². The molecule has 0 aromatic carbocycles. The van der Waals surface area contributed by atoms with Gasteiger partial charge in [-0.1, -0.05) is 0 Å². The number of carbonyl (C=O) groups is 2. The molecule has 6 heteroatoms. The summed E-state index contributed by atoms with van der Waals surface area (Å²) in [5.41, 5.74) is -0.658. The average molecular weight is 292 g/mol. The van der Waals surface area contributed by atoms with E-state index in [2.05, 4.69) is 10.3 Å². The number of nitrogens with zero attached hydrogens (tertiary/aromatic N) is 1. The van der Waals surface area contributed by atoms with Gasteiger partial charge in [-0.25, -0.2) is 4.79 Å². The summed E-state index contributed by atoms with van der Waals surface area (Å²) in [6, 6.07) is 2.46. The van der Waals surface area contributed by atoms with Crippen LogP contribution in [-0.4, -0.2) is 39.2 Å². The summed E-state index contributed by atoms with van der Waals surface area (Å²) in [5.74, 6) is -1.48. The fraction of sp³-hybridized carbons (Fsp3) is 0.533. The molecule has 21 heavy (non-hydrogen) atoms. The molecule has 2 rings (SSSR count). The minimum Gasteiger partial charge on any atom is -0.478 e. The standard InChI is InChI=1S/C15H20N2O4/c1-14(2)8-11(15(3,4)21-14)17-12(18)10-7-9(13(19)20)5-6-16-10/h5-7,11H,8H2,1-4H3,(H,17,18)(H,19,20). The molecule has 1 aliphatic heterocycles. The van der Waals surface area contributed by atoms with Crippen molar-refractivity contribution in [1.82, 2.24) is 10.3 Å². The third-order valence-electron chi connectivity index (χ3n) is 3.62. The van der Waals surface area contributed by atoms with Crippen molar-refractivity contribution in [2.45, 2.75) is 51.4 Å². The van der Waals surface area contributed by atoms with E-state index in [1.165, 1.54) is 18.3 Å². The van der Waals surface area contributed by atoms with Gasteiger partial charge in [-0.05, 0) is 46.2 Å². The molecule has 6 nitrogen and oxygen atoms in total. The first-order valence-electron chi connectivity index (χ1n) is 6.81. The lowest BCUT2D eigenvalue weighted by Crippen LogP contribution is -2.46. The molecule has 1 atom stereocenters. The molecule has 2 N–H and O–H groups in total. The number of ether oxygens (including phenoxy) is 1. The monoisotopic (exact) mass is 292 g/mol. The van der Waals surface area contributed by atoms with Crippen LogP contribution in [0.4, 0.5) is 0 Å². The zero-order valence-electron chi connectivity index (χ0n) is 12.6. The third kappa shape index (κ3) is 3.39. The highest BCUT2D eigenvalue weighted by Crippen LogP contribution is 2.37. The fourth-order valence-electron chi connectivity index (χ4n) is 2.71. The number of nitrogens with one attached hydrogen (secondary N) is 1. The predicted molar refractivity (Wildman–Crippen MR) is 76.3 cm³/mol. The maximum absolute atomic E-state index is 12.3. The number of rotatable bonds is 3. The van der Waals surface area contributed by atoms with E-state index < -0.39 is 17.5 Å². The highest BCUT2D eigenvalue weighted by molar-refractivity contribution is 5.96. The van der Waals surface area contributed by atoms with Gasteiger partial charge in [0.2, 0.25) is 0 Å². The summed E-state index contributed by atoms with van der Waals surface area (Å²) >= 11 is 0. The van der Waals surface area contributed by atoms with E-state index in [1.54, 1.807) is 0 Å². The van der Waals surface area contributed by atoms with Crippen molar-refractivity contribution >= 4 is 11.9 Å². The Balaban J connectivity index is 2.15. The number of carbonyl (C=O) groups excluding carboxylic acids is 1. The molecule has 0 bridgehead atoms. The van der Waals surface area contributed by atoms with Gasteiger partial charge in [-0.15, -0.1) is 0 Å². The van der Waals surface area contributed by atoms with Crippen LogP contribution in [0.25, 0.3) is 0 Å². The van der Waals surface area contributed by atoms with Crippen LogP contribution in [0.3, 0.4) is 0 Å². The Kier molecular flexibility index (Phi) is 3.76. The van der Waals surface area contributed by atoms with Gasteiger partial charge in [0, 0.05) is 6.20 Å². The zero-order valence-corrected chi connectivity index (χ0v) is 12.6. The molecular weight excluding hydrogens is 272 g/mol. The van der Waals surface area contributed by atoms with Crippen molar-refractivity contribution in [2.24, 2.45) is 0 Å². The van der Waals surface area contributed by atoms with E-state index in [4.69, 9.17) is 9.84 Å². The summed E-state index contributed by atoms with van der Waals surface area (Å²) in [6.07, 6.45) is 2.00.